The van der Waals surface area contributed by atoms with Gasteiger partial charge in [0.2, 0.25) is 5.91 Å². The van der Waals surface area contributed by atoms with Crippen molar-refractivity contribution >= 4 is 51.2 Å². The van der Waals surface area contributed by atoms with Gasteiger partial charge in [0.25, 0.3) is 5.91 Å². The molecule has 7 nitrogen and oxygen atoms in total. The molecule has 0 radical (unpaired) electrons. The van der Waals surface area contributed by atoms with E-state index < -0.39 is 28.6 Å². The van der Waals surface area contributed by atoms with Crippen molar-refractivity contribution in [1.82, 2.24) is 4.90 Å². The molecule has 4 rings (SSSR count). The van der Waals surface area contributed by atoms with E-state index in [2.05, 4.69) is 22.5 Å². The average molecular weight is 552 g/mol. The van der Waals surface area contributed by atoms with Crippen LogP contribution < -0.4 is 4.90 Å². The van der Waals surface area contributed by atoms with E-state index in [9.17, 15) is 24.6 Å². The van der Waals surface area contributed by atoms with Gasteiger partial charge in [0.1, 0.15) is 6.04 Å². The van der Waals surface area contributed by atoms with Crippen LogP contribution in [0.4, 0.5) is 5.69 Å². The maximum absolute atomic E-state index is 14.4. The van der Waals surface area contributed by atoms with Gasteiger partial charge in [-0.3, -0.25) is 14.4 Å². The molecule has 3 aliphatic rings. The normalized spacial score (nSPS) is 31.6. The van der Waals surface area contributed by atoms with E-state index in [0.29, 0.717) is 25.8 Å². The Labute approximate surface area is 212 Å². The van der Waals surface area contributed by atoms with Gasteiger partial charge in [-0.1, -0.05) is 40.2 Å². The van der Waals surface area contributed by atoms with Crippen molar-refractivity contribution in [2.75, 3.05) is 24.6 Å². The van der Waals surface area contributed by atoms with Crippen LogP contribution in [-0.4, -0.2) is 73.5 Å². The molecule has 0 aliphatic carbocycles. The smallest absolute Gasteiger partial charge is 0.308 e. The number of carbonyl (C=O) groups is 3. The van der Waals surface area contributed by atoms with Crippen LogP contribution in [0.5, 0.6) is 0 Å². The van der Waals surface area contributed by atoms with Crippen LogP contribution >= 0.6 is 27.7 Å². The van der Waals surface area contributed by atoms with Crippen molar-refractivity contribution in [2.24, 2.45) is 11.8 Å². The minimum absolute atomic E-state index is 0.00173. The maximum atomic E-state index is 14.4. The zero-order valence-corrected chi connectivity index (χ0v) is 21.8. The Balaban J connectivity index is 1.82. The number of aryl methyl sites for hydroxylation is 2. The summed E-state index contributed by atoms with van der Waals surface area (Å²) < 4.78 is -0.800. The Morgan fingerprint density at radius 1 is 1.32 bits per heavy atom. The quantitative estimate of drug-likeness (QED) is 0.278. The van der Waals surface area contributed by atoms with E-state index in [-0.39, 0.29) is 35.0 Å². The van der Waals surface area contributed by atoms with Gasteiger partial charge in [0.15, 0.2) is 0 Å². The first-order valence-corrected chi connectivity index (χ1v) is 13.4. The number of thioether (sulfide) groups is 1. The van der Waals surface area contributed by atoms with Gasteiger partial charge in [-0.15, -0.1) is 18.3 Å². The van der Waals surface area contributed by atoms with Crippen molar-refractivity contribution < 1.29 is 24.6 Å². The molecular formula is C25H31BrN2O5S. The zero-order chi connectivity index (χ0) is 24.8. The summed E-state index contributed by atoms with van der Waals surface area (Å²) >= 11 is 5.17. The predicted octanol–water partition coefficient (Wildman–Crippen LogP) is 3.14. The highest BCUT2D eigenvalue weighted by Gasteiger charge is 2.76. The number of carbonyl (C=O) groups excluding carboxylic acids is 2. The fourth-order valence-electron chi connectivity index (χ4n) is 6.13. The molecule has 184 valence electrons. The Morgan fingerprint density at radius 3 is 2.59 bits per heavy atom. The number of anilines is 1. The number of carboxylic acids is 1. The molecular weight excluding hydrogens is 520 g/mol. The van der Waals surface area contributed by atoms with Crippen molar-refractivity contribution in [3.05, 3.63) is 42.0 Å². The number of hydrogen-bond acceptors (Lipinski definition) is 5. The number of amides is 2. The number of alkyl halides is 1. The second-order valence-electron chi connectivity index (χ2n) is 9.44. The van der Waals surface area contributed by atoms with Gasteiger partial charge < -0.3 is 20.0 Å². The highest BCUT2D eigenvalue weighted by Crippen LogP contribution is 2.67. The van der Waals surface area contributed by atoms with E-state index in [0.717, 1.165) is 16.8 Å². The van der Waals surface area contributed by atoms with Crippen LogP contribution in [0.25, 0.3) is 0 Å². The lowest BCUT2D eigenvalue weighted by Crippen LogP contribution is -2.55. The molecule has 1 aromatic rings. The molecule has 0 aromatic heterocycles. The van der Waals surface area contributed by atoms with E-state index in [1.54, 1.807) is 15.9 Å². The SMILES string of the molecule is C=CCN(C(=O)C1N(CCCCO)C(=O)[C@@H]2[C@@H](C(=O)O)[C@@H]3SC12CC3Br)c1c(C)cccc1C. The monoisotopic (exact) mass is 550 g/mol. The standard InChI is InChI=1S/C25H31BrN2O5S/c1-4-10-27(19-14(2)8-7-9-15(19)3)23(31)21-25-13-16(26)20(34-25)17(24(32)33)18(25)22(30)28(21)11-5-6-12-29/h4,7-9,16-18,20-21,29H,1,5-6,10-13H2,2-3H3,(H,32,33)/t16?,17-,18+,20-,21?,25?/m1/s1. The number of rotatable bonds is 9. The van der Waals surface area contributed by atoms with Crippen LogP contribution in [-0.2, 0) is 14.4 Å². The molecule has 2 bridgehead atoms. The summed E-state index contributed by atoms with van der Waals surface area (Å²) in [6.45, 7) is 8.36. The van der Waals surface area contributed by atoms with Crippen LogP contribution in [0, 0.1) is 25.7 Å². The van der Waals surface area contributed by atoms with Gasteiger partial charge in [0, 0.05) is 35.5 Å². The lowest BCUT2D eigenvalue weighted by atomic mass is 9.71. The van der Waals surface area contributed by atoms with Crippen molar-refractivity contribution in [2.45, 2.75) is 54.0 Å². The number of aliphatic hydroxyl groups is 1. The number of fused-ring (bicyclic) bond motifs is 1. The summed E-state index contributed by atoms with van der Waals surface area (Å²) in [6, 6.07) is 5.08. The largest absolute Gasteiger partial charge is 0.481 e. The van der Waals surface area contributed by atoms with Gasteiger partial charge >= 0.3 is 5.97 Å². The second kappa shape index (κ2) is 9.66. The summed E-state index contributed by atoms with van der Waals surface area (Å²) in [7, 11) is 0. The zero-order valence-electron chi connectivity index (χ0n) is 19.4. The van der Waals surface area contributed by atoms with Crippen LogP contribution in [0.15, 0.2) is 30.9 Å². The fraction of sp³-hybridized carbons (Fsp3) is 0.560. The number of likely N-dealkylation sites (tertiary alicyclic amines) is 1. The minimum Gasteiger partial charge on any atom is -0.481 e. The number of carboxylic acid groups (broad SMARTS) is 1. The number of nitrogens with zero attached hydrogens (tertiary/aromatic N) is 2. The number of hydrogen-bond donors (Lipinski definition) is 2. The average Bonchev–Trinajstić information content (AvgIpc) is 3.36. The molecule has 3 aliphatic heterocycles. The first-order valence-electron chi connectivity index (χ1n) is 11.6. The first-order chi connectivity index (χ1) is 16.2. The Hall–Kier alpha value is -1.84. The topological polar surface area (TPSA) is 98.2 Å². The van der Waals surface area contributed by atoms with Crippen LogP contribution in [0.3, 0.4) is 0 Å². The van der Waals surface area contributed by atoms with Crippen LogP contribution in [0.2, 0.25) is 0 Å². The Morgan fingerprint density at radius 2 is 2.00 bits per heavy atom. The van der Waals surface area contributed by atoms with Crippen molar-refractivity contribution in [3.63, 3.8) is 0 Å². The number of para-hydroxylation sites is 1. The first kappa shape index (κ1) is 25.3. The molecule has 2 amide bonds. The van der Waals surface area contributed by atoms with Crippen LogP contribution in [0.1, 0.15) is 30.4 Å². The van der Waals surface area contributed by atoms with E-state index in [1.165, 1.54) is 11.8 Å². The number of halogens is 1. The predicted molar refractivity (Wildman–Crippen MR) is 136 cm³/mol. The van der Waals surface area contributed by atoms with E-state index >= 15 is 0 Å². The molecule has 9 heteroatoms. The molecule has 6 atom stereocenters. The van der Waals surface area contributed by atoms with Gasteiger partial charge in [-0.2, -0.15) is 0 Å². The lowest BCUT2D eigenvalue weighted by Gasteiger charge is -2.38. The van der Waals surface area contributed by atoms with Crippen molar-refractivity contribution in [3.8, 4) is 0 Å². The Bertz CT molecular complexity index is 999. The summed E-state index contributed by atoms with van der Waals surface area (Å²) in [4.78, 5) is 43.6. The fourth-order valence-corrected chi connectivity index (χ4v) is 9.73. The van der Waals surface area contributed by atoms with Gasteiger partial charge in [0.05, 0.1) is 16.6 Å². The summed E-state index contributed by atoms with van der Waals surface area (Å²) in [5.41, 5.74) is 2.70. The molecule has 1 spiro atoms. The molecule has 3 fully saturated rings. The van der Waals surface area contributed by atoms with E-state index in [1.807, 2.05) is 32.0 Å². The lowest BCUT2D eigenvalue weighted by molar-refractivity contribution is -0.148. The number of benzene rings is 1. The number of aliphatic hydroxyl groups excluding tert-OH is 1. The number of aliphatic carboxylic acids is 1. The molecule has 2 N–H and O–H groups in total. The van der Waals surface area contributed by atoms with Crippen molar-refractivity contribution in [1.29, 1.82) is 0 Å². The molecule has 3 saturated heterocycles. The molecule has 3 unspecified atom stereocenters. The minimum atomic E-state index is -0.983. The maximum Gasteiger partial charge on any atom is 0.308 e. The molecule has 1 aromatic carbocycles. The number of unbranched alkanes of at least 4 members (excludes halogenated alkanes) is 1. The third-order valence-corrected chi connectivity index (χ3v) is 10.6. The summed E-state index contributed by atoms with van der Waals surface area (Å²) in [5, 5.41) is 19.1. The summed E-state index contributed by atoms with van der Waals surface area (Å²) in [5.74, 6) is -3.00. The second-order valence-corrected chi connectivity index (χ2v) is 12.2. The van der Waals surface area contributed by atoms with Gasteiger partial charge in [-0.25, -0.2) is 0 Å². The molecule has 3 heterocycles. The molecule has 0 saturated carbocycles. The highest BCUT2D eigenvalue weighted by molar-refractivity contribution is 9.09. The summed E-state index contributed by atoms with van der Waals surface area (Å²) in [6.07, 6.45) is 3.29. The third kappa shape index (κ3) is 3.80. The van der Waals surface area contributed by atoms with Gasteiger partial charge in [-0.05, 0) is 44.2 Å². The highest BCUT2D eigenvalue weighted by atomic mass is 79.9. The third-order valence-electron chi connectivity index (χ3n) is 7.40. The Kier molecular flexibility index (Phi) is 7.18. The molecule has 34 heavy (non-hydrogen) atoms. The van der Waals surface area contributed by atoms with E-state index in [4.69, 9.17) is 0 Å².